The Hall–Kier alpha value is -0.530. The summed E-state index contributed by atoms with van der Waals surface area (Å²) in [5, 5.41) is 2.66. The van der Waals surface area contributed by atoms with Gasteiger partial charge in [0.15, 0.2) is 0 Å². The standard InChI is InChI=1S/C5H11NO/c1-3-5(7)6-4-2/h3-4H2,1-2H3,(H,6,7). The minimum absolute atomic E-state index is 0.127. The molecule has 0 saturated carbocycles. The van der Waals surface area contributed by atoms with Crippen LogP contribution in [-0.4, -0.2) is 12.5 Å². The summed E-state index contributed by atoms with van der Waals surface area (Å²) >= 11 is 0. The minimum Gasteiger partial charge on any atom is -0.356 e. The van der Waals surface area contributed by atoms with E-state index in [1.807, 2.05) is 13.8 Å². The molecule has 7 heavy (non-hydrogen) atoms. The fourth-order valence-corrected chi connectivity index (χ4v) is 0.322. The van der Waals surface area contributed by atoms with Gasteiger partial charge in [0.05, 0.1) is 0 Å². The molecule has 0 aliphatic carbocycles. The Morgan fingerprint density at radius 3 is 2.29 bits per heavy atom. The summed E-state index contributed by atoms with van der Waals surface area (Å²) in [4.78, 5) is 10.3. The van der Waals surface area contributed by atoms with Crippen molar-refractivity contribution in [2.75, 3.05) is 6.54 Å². The van der Waals surface area contributed by atoms with Crippen LogP contribution >= 0.6 is 0 Å². The Bertz CT molecular complexity index is 61.1. The van der Waals surface area contributed by atoms with Gasteiger partial charge in [-0.15, -0.1) is 0 Å². The minimum atomic E-state index is 0.127. The van der Waals surface area contributed by atoms with Crippen molar-refractivity contribution < 1.29 is 4.79 Å². The first kappa shape index (κ1) is 6.47. The summed E-state index contributed by atoms with van der Waals surface area (Å²) in [5.74, 6) is 0.127. The maximum Gasteiger partial charge on any atom is 0.219 e. The molecule has 0 unspecified atom stereocenters. The highest BCUT2D eigenvalue weighted by molar-refractivity contribution is 5.75. The SMILES string of the molecule is CCNC(=O)CC. The quantitative estimate of drug-likeness (QED) is 0.540. The van der Waals surface area contributed by atoms with Crippen LogP contribution in [0.5, 0.6) is 0 Å². The van der Waals surface area contributed by atoms with Crippen LogP contribution in [0.1, 0.15) is 20.3 Å². The van der Waals surface area contributed by atoms with E-state index < -0.39 is 0 Å². The van der Waals surface area contributed by atoms with Gasteiger partial charge in [0.1, 0.15) is 0 Å². The Morgan fingerprint density at radius 2 is 2.14 bits per heavy atom. The molecular weight excluding hydrogens is 90.1 g/mol. The van der Waals surface area contributed by atoms with Gasteiger partial charge in [-0.1, -0.05) is 6.92 Å². The van der Waals surface area contributed by atoms with E-state index in [-0.39, 0.29) is 5.91 Å². The topological polar surface area (TPSA) is 29.1 Å². The van der Waals surface area contributed by atoms with Gasteiger partial charge in [0.25, 0.3) is 0 Å². The number of carbonyl (C=O) groups excluding carboxylic acids is 1. The second kappa shape index (κ2) is 3.65. The first-order valence-electron chi connectivity index (χ1n) is 2.58. The van der Waals surface area contributed by atoms with Crippen LogP contribution in [0.25, 0.3) is 0 Å². The van der Waals surface area contributed by atoms with E-state index in [0.29, 0.717) is 6.42 Å². The van der Waals surface area contributed by atoms with E-state index in [1.54, 1.807) is 0 Å². The van der Waals surface area contributed by atoms with E-state index in [1.165, 1.54) is 0 Å². The summed E-state index contributed by atoms with van der Waals surface area (Å²) in [6, 6.07) is 0. The van der Waals surface area contributed by atoms with Crippen LogP contribution in [0.4, 0.5) is 0 Å². The molecule has 0 radical (unpaired) electrons. The molecule has 1 N–H and O–H groups in total. The summed E-state index contributed by atoms with van der Waals surface area (Å²) < 4.78 is 0. The van der Waals surface area contributed by atoms with E-state index in [2.05, 4.69) is 5.32 Å². The molecule has 0 fully saturated rings. The van der Waals surface area contributed by atoms with Crippen LogP contribution < -0.4 is 5.32 Å². The molecular formula is C5H11NO. The number of nitrogens with one attached hydrogen (secondary N) is 1. The molecule has 0 spiro atoms. The Kier molecular flexibility index (Phi) is 3.38. The highest BCUT2D eigenvalue weighted by Crippen LogP contribution is 1.70. The van der Waals surface area contributed by atoms with Crippen molar-refractivity contribution >= 4 is 5.91 Å². The number of rotatable bonds is 2. The van der Waals surface area contributed by atoms with Crippen LogP contribution in [0, 0.1) is 0 Å². The third-order valence-corrected chi connectivity index (χ3v) is 0.695. The van der Waals surface area contributed by atoms with Crippen molar-refractivity contribution in [3.05, 3.63) is 0 Å². The first-order chi connectivity index (χ1) is 3.31. The average Bonchev–Trinajstić information content (AvgIpc) is 1.68. The summed E-state index contributed by atoms with van der Waals surface area (Å²) in [6.07, 6.45) is 0.591. The summed E-state index contributed by atoms with van der Waals surface area (Å²) in [6.45, 7) is 4.49. The normalized spacial score (nSPS) is 8.29. The number of carbonyl (C=O) groups is 1. The predicted molar refractivity (Wildman–Crippen MR) is 29.0 cm³/mol. The van der Waals surface area contributed by atoms with E-state index >= 15 is 0 Å². The maximum absolute atomic E-state index is 10.3. The number of hydrogen-bond donors (Lipinski definition) is 1. The largest absolute Gasteiger partial charge is 0.356 e. The highest BCUT2D eigenvalue weighted by atomic mass is 16.1. The number of amides is 1. The smallest absolute Gasteiger partial charge is 0.219 e. The van der Waals surface area contributed by atoms with Gasteiger partial charge in [-0.2, -0.15) is 0 Å². The van der Waals surface area contributed by atoms with Crippen molar-refractivity contribution in [2.45, 2.75) is 20.3 Å². The van der Waals surface area contributed by atoms with Crippen molar-refractivity contribution in [1.29, 1.82) is 0 Å². The van der Waals surface area contributed by atoms with Crippen molar-refractivity contribution in [2.24, 2.45) is 0 Å². The molecule has 42 valence electrons. The second-order valence-electron chi connectivity index (χ2n) is 1.31. The van der Waals surface area contributed by atoms with Crippen molar-refractivity contribution in [1.82, 2.24) is 5.32 Å². The second-order valence-corrected chi connectivity index (χ2v) is 1.31. The third kappa shape index (κ3) is 3.30. The van der Waals surface area contributed by atoms with E-state index in [4.69, 9.17) is 0 Å². The molecule has 0 aliphatic heterocycles. The summed E-state index contributed by atoms with van der Waals surface area (Å²) in [5.41, 5.74) is 0. The lowest BCUT2D eigenvalue weighted by Crippen LogP contribution is -2.20. The van der Waals surface area contributed by atoms with Crippen LogP contribution in [0.3, 0.4) is 0 Å². The van der Waals surface area contributed by atoms with Gasteiger partial charge in [-0.05, 0) is 6.92 Å². The van der Waals surface area contributed by atoms with E-state index in [0.717, 1.165) is 6.54 Å². The highest BCUT2D eigenvalue weighted by Gasteiger charge is 1.88. The monoisotopic (exact) mass is 101 g/mol. The first-order valence-corrected chi connectivity index (χ1v) is 2.58. The van der Waals surface area contributed by atoms with Crippen LogP contribution in [0.2, 0.25) is 0 Å². The number of hydrogen-bond acceptors (Lipinski definition) is 1. The van der Waals surface area contributed by atoms with Crippen molar-refractivity contribution in [3.8, 4) is 0 Å². The molecule has 0 aromatic carbocycles. The van der Waals surface area contributed by atoms with Gasteiger partial charge in [-0.25, -0.2) is 0 Å². The van der Waals surface area contributed by atoms with Crippen LogP contribution in [-0.2, 0) is 4.79 Å². The molecule has 1 amide bonds. The zero-order chi connectivity index (χ0) is 5.70. The average molecular weight is 101 g/mol. The lowest BCUT2D eigenvalue weighted by Gasteiger charge is -1.93. The molecule has 0 heterocycles. The van der Waals surface area contributed by atoms with Crippen molar-refractivity contribution in [3.63, 3.8) is 0 Å². The van der Waals surface area contributed by atoms with Gasteiger partial charge in [-0.3, -0.25) is 4.79 Å². The molecule has 0 saturated heterocycles. The lowest BCUT2D eigenvalue weighted by molar-refractivity contribution is -0.120. The van der Waals surface area contributed by atoms with Crippen LogP contribution in [0.15, 0.2) is 0 Å². The molecule has 0 atom stereocenters. The Balaban J connectivity index is 3.00. The molecule has 2 nitrogen and oxygen atoms in total. The zero-order valence-electron chi connectivity index (χ0n) is 4.82. The lowest BCUT2D eigenvalue weighted by atomic mass is 10.4. The molecule has 2 heteroatoms. The molecule has 0 aromatic rings. The molecule has 0 bridgehead atoms. The third-order valence-electron chi connectivity index (χ3n) is 0.695. The molecule has 0 rings (SSSR count). The summed E-state index contributed by atoms with van der Waals surface area (Å²) in [7, 11) is 0. The fraction of sp³-hybridized carbons (Fsp3) is 0.800. The maximum atomic E-state index is 10.3. The van der Waals surface area contributed by atoms with Gasteiger partial charge in [0.2, 0.25) is 5.91 Å². The Labute approximate surface area is 43.9 Å². The fourth-order valence-electron chi connectivity index (χ4n) is 0.322. The Morgan fingerprint density at radius 1 is 1.57 bits per heavy atom. The zero-order valence-corrected chi connectivity index (χ0v) is 4.82. The van der Waals surface area contributed by atoms with Gasteiger partial charge >= 0.3 is 0 Å². The molecule has 0 aromatic heterocycles. The van der Waals surface area contributed by atoms with Gasteiger partial charge < -0.3 is 5.32 Å². The van der Waals surface area contributed by atoms with Gasteiger partial charge in [0, 0.05) is 13.0 Å². The van der Waals surface area contributed by atoms with E-state index in [9.17, 15) is 4.79 Å². The predicted octanol–water partition coefficient (Wildman–Crippen LogP) is 0.532. The molecule has 0 aliphatic rings.